The molecule has 0 aliphatic heterocycles. The summed E-state index contributed by atoms with van der Waals surface area (Å²) in [4.78, 5) is 13.3. The van der Waals surface area contributed by atoms with Crippen molar-refractivity contribution in [1.29, 1.82) is 0 Å². The summed E-state index contributed by atoms with van der Waals surface area (Å²) in [5.41, 5.74) is 1.57. The summed E-state index contributed by atoms with van der Waals surface area (Å²) >= 11 is 7.68. The van der Waals surface area contributed by atoms with Crippen molar-refractivity contribution < 1.29 is 9.53 Å². The van der Waals surface area contributed by atoms with Crippen LogP contribution in [0.2, 0.25) is 5.02 Å². The summed E-state index contributed by atoms with van der Waals surface area (Å²) in [7, 11) is 1.64. The Morgan fingerprint density at radius 1 is 1.27 bits per heavy atom. The fraction of sp³-hybridized carbons (Fsp3) is 0.235. The lowest BCUT2D eigenvalue weighted by Crippen LogP contribution is -2.26. The molecule has 3 nitrogen and oxygen atoms in total. The van der Waals surface area contributed by atoms with Crippen molar-refractivity contribution >= 4 is 29.3 Å². The molecule has 0 spiro atoms. The molecule has 0 radical (unpaired) electrons. The Hall–Kier alpha value is -1.65. The minimum atomic E-state index is -0.157. The molecular weight excluding hydrogens is 318 g/mol. The summed E-state index contributed by atoms with van der Waals surface area (Å²) in [6, 6.07) is 13.3. The van der Waals surface area contributed by atoms with Crippen LogP contribution in [0.1, 0.15) is 15.9 Å². The van der Waals surface area contributed by atoms with E-state index in [0.717, 1.165) is 16.2 Å². The predicted octanol–water partition coefficient (Wildman–Crippen LogP) is 4.04. The number of benzene rings is 2. The molecule has 22 heavy (non-hydrogen) atoms. The van der Waals surface area contributed by atoms with E-state index in [4.69, 9.17) is 16.3 Å². The number of rotatable bonds is 6. The van der Waals surface area contributed by atoms with Crippen LogP contribution in [0.5, 0.6) is 5.75 Å². The van der Waals surface area contributed by atoms with Gasteiger partial charge < -0.3 is 10.1 Å². The first-order valence-electron chi connectivity index (χ1n) is 6.89. The molecule has 0 bridgehead atoms. The van der Waals surface area contributed by atoms with E-state index in [1.807, 2.05) is 42.7 Å². The summed E-state index contributed by atoms with van der Waals surface area (Å²) in [6.07, 6.45) is 2.67. The van der Waals surface area contributed by atoms with Crippen molar-refractivity contribution in [3.8, 4) is 5.75 Å². The van der Waals surface area contributed by atoms with Gasteiger partial charge in [-0.15, -0.1) is 11.8 Å². The van der Waals surface area contributed by atoms with Crippen molar-refractivity contribution in [2.45, 2.75) is 11.3 Å². The largest absolute Gasteiger partial charge is 0.496 e. The van der Waals surface area contributed by atoms with Crippen LogP contribution in [0.25, 0.3) is 0 Å². The molecule has 2 rings (SSSR count). The standard InChI is InChI=1S/C17H18ClNO2S/c1-21-16-6-4-3-5-12(16)9-10-19-17(20)14-11-13(22-2)7-8-15(14)18/h3-8,11H,9-10H2,1-2H3,(H,19,20). The SMILES string of the molecule is COc1ccccc1CCNC(=O)c1cc(SC)ccc1Cl. The van der Waals surface area contributed by atoms with Crippen LogP contribution >= 0.6 is 23.4 Å². The van der Waals surface area contributed by atoms with Gasteiger partial charge >= 0.3 is 0 Å². The Morgan fingerprint density at radius 3 is 2.77 bits per heavy atom. The average Bonchev–Trinajstić information content (AvgIpc) is 2.55. The third-order valence-electron chi connectivity index (χ3n) is 3.29. The molecule has 0 fully saturated rings. The van der Waals surface area contributed by atoms with Gasteiger partial charge in [-0.05, 0) is 42.5 Å². The van der Waals surface area contributed by atoms with Crippen molar-refractivity contribution in [1.82, 2.24) is 5.32 Å². The topological polar surface area (TPSA) is 38.3 Å². The first-order chi connectivity index (χ1) is 10.7. The minimum absolute atomic E-state index is 0.157. The normalized spacial score (nSPS) is 10.3. The van der Waals surface area contributed by atoms with Crippen molar-refractivity contribution in [2.24, 2.45) is 0 Å². The molecule has 116 valence electrons. The number of thioether (sulfide) groups is 1. The number of carbonyl (C=O) groups is 1. The van der Waals surface area contributed by atoms with E-state index in [-0.39, 0.29) is 5.91 Å². The minimum Gasteiger partial charge on any atom is -0.496 e. The molecular formula is C17H18ClNO2S. The monoisotopic (exact) mass is 335 g/mol. The van der Waals surface area contributed by atoms with Crippen LogP contribution in [-0.2, 0) is 6.42 Å². The fourth-order valence-electron chi connectivity index (χ4n) is 2.12. The van der Waals surface area contributed by atoms with Crippen LogP contribution < -0.4 is 10.1 Å². The number of para-hydroxylation sites is 1. The summed E-state index contributed by atoms with van der Waals surface area (Å²) < 4.78 is 5.30. The number of amides is 1. The number of ether oxygens (including phenoxy) is 1. The van der Waals surface area contributed by atoms with Crippen molar-refractivity contribution in [3.63, 3.8) is 0 Å². The lowest BCUT2D eigenvalue weighted by molar-refractivity contribution is 0.0954. The number of nitrogens with one attached hydrogen (secondary N) is 1. The lowest BCUT2D eigenvalue weighted by atomic mass is 10.1. The highest BCUT2D eigenvalue weighted by Crippen LogP contribution is 2.23. The zero-order chi connectivity index (χ0) is 15.9. The number of halogens is 1. The maximum Gasteiger partial charge on any atom is 0.252 e. The van der Waals surface area contributed by atoms with Gasteiger partial charge in [0, 0.05) is 11.4 Å². The second-order valence-electron chi connectivity index (χ2n) is 4.66. The number of carbonyl (C=O) groups excluding carboxylic acids is 1. The van der Waals surface area contributed by atoms with E-state index in [1.54, 1.807) is 24.9 Å². The van der Waals surface area contributed by atoms with Crippen LogP contribution in [0.15, 0.2) is 47.4 Å². The van der Waals surface area contributed by atoms with E-state index in [1.165, 1.54) is 0 Å². The lowest BCUT2D eigenvalue weighted by Gasteiger charge is -2.10. The second-order valence-corrected chi connectivity index (χ2v) is 5.95. The highest BCUT2D eigenvalue weighted by molar-refractivity contribution is 7.98. The van der Waals surface area contributed by atoms with E-state index in [2.05, 4.69) is 5.32 Å². The molecule has 0 saturated carbocycles. The van der Waals surface area contributed by atoms with Crippen molar-refractivity contribution in [2.75, 3.05) is 19.9 Å². The molecule has 0 saturated heterocycles. The molecule has 0 unspecified atom stereocenters. The number of hydrogen-bond acceptors (Lipinski definition) is 3. The van der Waals surface area contributed by atoms with Crippen LogP contribution in [-0.4, -0.2) is 25.8 Å². The zero-order valence-electron chi connectivity index (χ0n) is 12.6. The van der Waals surface area contributed by atoms with E-state index in [0.29, 0.717) is 23.6 Å². The molecule has 2 aromatic rings. The van der Waals surface area contributed by atoms with E-state index in [9.17, 15) is 4.79 Å². The van der Waals surface area contributed by atoms with E-state index < -0.39 is 0 Å². The van der Waals surface area contributed by atoms with Gasteiger partial charge in [-0.3, -0.25) is 4.79 Å². The molecule has 2 aromatic carbocycles. The summed E-state index contributed by atoms with van der Waals surface area (Å²) in [5.74, 6) is 0.676. The Kier molecular flexibility index (Phi) is 6.16. The predicted molar refractivity (Wildman–Crippen MR) is 92.3 cm³/mol. The third kappa shape index (κ3) is 4.18. The Morgan fingerprint density at radius 2 is 2.05 bits per heavy atom. The van der Waals surface area contributed by atoms with Gasteiger partial charge in [0.25, 0.3) is 5.91 Å². The smallest absolute Gasteiger partial charge is 0.252 e. The van der Waals surface area contributed by atoms with Crippen LogP contribution in [0, 0.1) is 0 Å². The van der Waals surface area contributed by atoms with Gasteiger partial charge in [-0.25, -0.2) is 0 Å². The molecule has 0 atom stereocenters. The van der Waals surface area contributed by atoms with Crippen molar-refractivity contribution in [3.05, 3.63) is 58.6 Å². The maximum absolute atomic E-state index is 12.2. The average molecular weight is 336 g/mol. The number of methoxy groups -OCH3 is 1. The Labute approximate surface area is 140 Å². The van der Waals surface area contributed by atoms with Gasteiger partial charge in [-0.1, -0.05) is 29.8 Å². The third-order valence-corrected chi connectivity index (χ3v) is 4.35. The molecule has 0 aliphatic rings. The van der Waals surface area contributed by atoms with Crippen LogP contribution in [0.3, 0.4) is 0 Å². The van der Waals surface area contributed by atoms with Gasteiger partial charge in [0.15, 0.2) is 0 Å². The number of hydrogen-bond donors (Lipinski definition) is 1. The fourth-order valence-corrected chi connectivity index (χ4v) is 2.76. The second kappa shape index (κ2) is 8.11. The molecule has 1 amide bonds. The first kappa shape index (κ1) is 16.7. The van der Waals surface area contributed by atoms with Gasteiger partial charge in [0.1, 0.15) is 5.75 Å². The maximum atomic E-state index is 12.2. The molecule has 5 heteroatoms. The highest BCUT2D eigenvalue weighted by atomic mass is 35.5. The summed E-state index contributed by atoms with van der Waals surface area (Å²) in [6.45, 7) is 0.527. The van der Waals surface area contributed by atoms with E-state index >= 15 is 0 Å². The zero-order valence-corrected chi connectivity index (χ0v) is 14.1. The molecule has 0 aromatic heterocycles. The molecule has 0 heterocycles. The highest BCUT2D eigenvalue weighted by Gasteiger charge is 2.11. The van der Waals surface area contributed by atoms with Gasteiger partial charge in [0.05, 0.1) is 17.7 Å². The Balaban J connectivity index is 1.98. The quantitative estimate of drug-likeness (QED) is 0.809. The van der Waals surface area contributed by atoms with Crippen LogP contribution in [0.4, 0.5) is 0 Å². The Bertz CT molecular complexity index is 661. The summed E-state index contributed by atoms with van der Waals surface area (Å²) in [5, 5.41) is 3.37. The van der Waals surface area contributed by atoms with Gasteiger partial charge in [0.2, 0.25) is 0 Å². The first-order valence-corrected chi connectivity index (χ1v) is 8.49. The molecule has 0 aliphatic carbocycles. The molecule has 1 N–H and O–H groups in total. The van der Waals surface area contributed by atoms with Gasteiger partial charge in [-0.2, -0.15) is 0 Å².